The highest BCUT2D eigenvalue weighted by Gasteiger charge is 2.38. The van der Waals surface area contributed by atoms with E-state index in [1.807, 2.05) is 54.1 Å². The van der Waals surface area contributed by atoms with Gasteiger partial charge in [-0.25, -0.2) is 0 Å². The van der Waals surface area contributed by atoms with Crippen molar-refractivity contribution in [3.8, 4) is 5.75 Å². The summed E-state index contributed by atoms with van der Waals surface area (Å²) in [4.78, 5) is 29.9. The Morgan fingerprint density at radius 3 is 2.52 bits per heavy atom. The number of likely N-dealkylation sites (N-methyl/N-ethyl adjacent to an activating group) is 1. The third-order valence-electron chi connectivity index (χ3n) is 7.67. The summed E-state index contributed by atoms with van der Waals surface area (Å²) in [5.74, 6) is 0.972. The lowest BCUT2D eigenvalue weighted by atomic mass is 9.73. The summed E-state index contributed by atoms with van der Waals surface area (Å²) >= 11 is 0. The topological polar surface area (TPSA) is 49.9 Å². The summed E-state index contributed by atoms with van der Waals surface area (Å²) in [5.41, 5.74) is 4.27. The van der Waals surface area contributed by atoms with Gasteiger partial charge < -0.3 is 14.5 Å². The molecule has 5 heteroatoms. The molecule has 1 fully saturated rings. The molecular weight excluding hydrogens is 412 g/mol. The van der Waals surface area contributed by atoms with E-state index in [1.165, 1.54) is 5.56 Å². The number of para-hydroxylation sites is 1. The predicted molar refractivity (Wildman–Crippen MR) is 131 cm³/mol. The zero-order valence-electron chi connectivity index (χ0n) is 20.2. The molecule has 0 atom stereocenters. The lowest BCUT2D eigenvalue weighted by Gasteiger charge is -2.44. The van der Waals surface area contributed by atoms with Crippen molar-refractivity contribution in [2.24, 2.45) is 5.41 Å². The molecule has 1 spiro atoms. The molecule has 2 aromatic rings. The second-order valence-electron chi connectivity index (χ2n) is 9.89. The van der Waals surface area contributed by atoms with E-state index < -0.39 is 0 Å². The van der Waals surface area contributed by atoms with Gasteiger partial charge in [0.25, 0.3) is 11.8 Å². The van der Waals surface area contributed by atoms with E-state index in [-0.39, 0.29) is 23.8 Å². The van der Waals surface area contributed by atoms with Crippen LogP contribution in [0.2, 0.25) is 0 Å². The van der Waals surface area contributed by atoms with Crippen molar-refractivity contribution >= 4 is 11.8 Å². The van der Waals surface area contributed by atoms with E-state index in [4.69, 9.17) is 4.74 Å². The second-order valence-corrected chi connectivity index (χ2v) is 9.89. The van der Waals surface area contributed by atoms with Crippen LogP contribution in [0, 0.1) is 19.3 Å². The first kappa shape index (κ1) is 23.3. The second kappa shape index (κ2) is 9.98. The van der Waals surface area contributed by atoms with Crippen LogP contribution in [0.4, 0.5) is 0 Å². The number of carbonyl (C=O) groups excluding carboxylic acids is 2. The lowest BCUT2D eigenvalue weighted by Crippen LogP contribution is -2.49. The fourth-order valence-corrected chi connectivity index (χ4v) is 5.33. The van der Waals surface area contributed by atoms with Crippen molar-refractivity contribution in [1.29, 1.82) is 0 Å². The molecule has 176 valence electrons. The fourth-order valence-electron chi connectivity index (χ4n) is 5.33. The Hall–Kier alpha value is -2.82. The number of aryl methyl sites for hydroxylation is 2. The van der Waals surface area contributed by atoms with Crippen molar-refractivity contribution < 1.29 is 14.3 Å². The van der Waals surface area contributed by atoms with E-state index in [0.717, 1.165) is 80.6 Å². The molecule has 2 amide bonds. The first-order valence-electron chi connectivity index (χ1n) is 12.2. The number of hydrogen-bond donors (Lipinski definition) is 0. The van der Waals surface area contributed by atoms with Crippen molar-refractivity contribution in [3.05, 3.63) is 64.7 Å². The number of fused-ring (bicyclic) bond motifs is 1. The normalized spacial score (nSPS) is 19.3. The minimum Gasteiger partial charge on any atom is -0.483 e. The summed E-state index contributed by atoms with van der Waals surface area (Å²) in [6.45, 7) is 6.36. The summed E-state index contributed by atoms with van der Waals surface area (Å²) in [5, 5.41) is 0. The van der Waals surface area contributed by atoms with Gasteiger partial charge in [-0.1, -0.05) is 36.8 Å². The van der Waals surface area contributed by atoms with Gasteiger partial charge >= 0.3 is 0 Å². The van der Waals surface area contributed by atoms with Crippen molar-refractivity contribution in [2.75, 3.05) is 33.3 Å². The number of benzene rings is 2. The van der Waals surface area contributed by atoms with Gasteiger partial charge in [-0.05, 0) is 80.2 Å². The summed E-state index contributed by atoms with van der Waals surface area (Å²) in [6, 6.07) is 14.0. The number of piperidine rings is 1. The third kappa shape index (κ3) is 5.23. The van der Waals surface area contributed by atoms with Crippen LogP contribution in [0.25, 0.3) is 0 Å². The lowest BCUT2D eigenvalue weighted by molar-refractivity contribution is -0.134. The highest BCUT2D eigenvalue weighted by molar-refractivity contribution is 5.96. The standard InChI is InChI=1S/C28H36N2O3/c1-21-9-8-12-24(22(21)2)27(32)30-17-15-28(16-18-30)14-7-6-11-23-10-4-5-13-25(23)33-19-26(31)29(3)20-28/h4-5,8-10,12-13H,6-7,11,14-20H2,1-3H3. The minimum absolute atomic E-state index is 0.0126. The van der Waals surface area contributed by atoms with Crippen LogP contribution in [0.1, 0.15) is 59.2 Å². The van der Waals surface area contributed by atoms with Crippen LogP contribution in [0.3, 0.4) is 0 Å². The molecule has 33 heavy (non-hydrogen) atoms. The average molecular weight is 449 g/mol. The molecule has 0 N–H and O–H groups in total. The predicted octanol–water partition coefficient (Wildman–Crippen LogP) is 4.79. The SMILES string of the molecule is Cc1cccc(C(=O)N2CCC3(CCCCc4ccccc4OCC(=O)N(C)C3)CC2)c1C. The Bertz CT molecular complexity index is 1010. The molecule has 1 saturated heterocycles. The summed E-state index contributed by atoms with van der Waals surface area (Å²) in [6.07, 6.45) is 6.12. The quantitative estimate of drug-likeness (QED) is 0.630. The number of nitrogens with zero attached hydrogens (tertiary/aromatic N) is 2. The number of likely N-dealkylation sites (tertiary alicyclic amines) is 1. The van der Waals surface area contributed by atoms with E-state index in [9.17, 15) is 9.59 Å². The molecular formula is C28H36N2O3. The van der Waals surface area contributed by atoms with Crippen LogP contribution < -0.4 is 4.74 Å². The van der Waals surface area contributed by atoms with Crippen molar-refractivity contribution in [1.82, 2.24) is 9.80 Å². The van der Waals surface area contributed by atoms with Crippen LogP contribution in [0.15, 0.2) is 42.5 Å². The highest BCUT2D eigenvalue weighted by atomic mass is 16.5. The average Bonchev–Trinajstić information content (AvgIpc) is 2.82. The van der Waals surface area contributed by atoms with Gasteiger partial charge in [0, 0.05) is 32.2 Å². The first-order chi connectivity index (χ1) is 15.9. The van der Waals surface area contributed by atoms with Crippen LogP contribution >= 0.6 is 0 Å². The molecule has 0 unspecified atom stereocenters. The van der Waals surface area contributed by atoms with Gasteiger partial charge in [0.15, 0.2) is 6.61 Å². The van der Waals surface area contributed by atoms with E-state index in [0.29, 0.717) is 0 Å². The molecule has 2 aliphatic heterocycles. The maximum atomic E-state index is 13.2. The minimum atomic E-state index is 0.0126. The van der Waals surface area contributed by atoms with E-state index >= 15 is 0 Å². The zero-order chi connectivity index (χ0) is 23.4. The molecule has 2 aromatic carbocycles. The largest absolute Gasteiger partial charge is 0.483 e. The van der Waals surface area contributed by atoms with Crippen LogP contribution in [-0.4, -0.2) is 54.9 Å². The van der Waals surface area contributed by atoms with E-state index in [1.54, 1.807) is 0 Å². The molecule has 0 aromatic heterocycles. The summed E-state index contributed by atoms with van der Waals surface area (Å²) in [7, 11) is 1.89. The Morgan fingerprint density at radius 1 is 0.970 bits per heavy atom. The monoisotopic (exact) mass is 448 g/mol. The Kier molecular flexibility index (Phi) is 7.06. The zero-order valence-corrected chi connectivity index (χ0v) is 20.2. The number of hydrogen-bond acceptors (Lipinski definition) is 3. The number of amides is 2. The van der Waals surface area contributed by atoms with Crippen LogP contribution in [0.5, 0.6) is 5.75 Å². The van der Waals surface area contributed by atoms with Crippen LogP contribution in [-0.2, 0) is 11.2 Å². The first-order valence-corrected chi connectivity index (χ1v) is 12.2. The molecule has 0 bridgehead atoms. The van der Waals surface area contributed by atoms with Gasteiger partial charge in [0.1, 0.15) is 5.75 Å². The Labute approximate surface area is 197 Å². The molecule has 5 nitrogen and oxygen atoms in total. The van der Waals surface area contributed by atoms with Crippen molar-refractivity contribution in [2.45, 2.75) is 52.4 Å². The highest BCUT2D eigenvalue weighted by Crippen LogP contribution is 2.38. The molecule has 4 rings (SSSR count). The molecule has 2 aliphatic rings. The fraction of sp³-hybridized carbons (Fsp3) is 0.500. The Morgan fingerprint density at radius 2 is 1.73 bits per heavy atom. The molecule has 0 radical (unpaired) electrons. The van der Waals surface area contributed by atoms with Gasteiger partial charge in [0.05, 0.1) is 0 Å². The van der Waals surface area contributed by atoms with Gasteiger partial charge in [-0.3, -0.25) is 9.59 Å². The summed E-state index contributed by atoms with van der Waals surface area (Å²) < 4.78 is 5.89. The number of ether oxygens (including phenoxy) is 1. The molecule has 0 aliphatic carbocycles. The Balaban J connectivity index is 1.46. The van der Waals surface area contributed by atoms with Gasteiger partial charge in [-0.2, -0.15) is 0 Å². The maximum absolute atomic E-state index is 13.2. The van der Waals surface area contributed by atoms with Gasteiger partial charge in [0.2, 0.25) is 0 Å². The third-order valence-corrected chi connectivity index (χ3v) is 7.67. The van der Waals surface area contributed by atoms with Gasteiger partial charge in [-0.15, -0.1) is 0 Å². The maximum Gasteiger partial charge on any atom is 0.260 e. The number of rotatable bonds is 1. The number of carbonyl (C=O) groups is 2. The molecule has 2 heterocycles. The smallest absolute Gasteiger partial charge is 0.260 e. The molecule has 0 saturated carbocycles. The van der Waals surface area contributed by atoms with E-state index in [2.05, 4.69) is 19.1 Å². The van der Waals surface area contributed by atoms with Crippen molar-refractivity contribution in [3.63, 3.8) is 0 Å².